The maximum absolute atomic E-state index is 5.83. The van der Waals surface area contributed by atoms with Crippen LogP contribution in [0.25, 0.3) is 10.9 Å². The average molecular weight is 321 g/mol. The Morgan fingerprint density at radius 3 is 2.42 bits per heavy atom. The molecule has 2 aromatic carbocycles. The summed E-state index contributed by atoms with van der Waals surface area (Å²) in [4.78, 5) is 4.55. The smallest absolute Gasteiger partial charge is 0.219 e. The second kappa shape index (κ2) is 7.21. The summed E-state index contributed by atoms with van der Waals surface area (Å²) in [6, 6.07) is 17.4. The predicted octanol–water partition coefficient (Wildman–Crippen LogP) is 5.07. The van der Waals surface area contributed by atoms with Crippen molar-refractivity contribution in [3.63, 3.8) is 0 Å². The lowest BCUT2D eigenvalue weighted by Crippen LogP contribution is -2.05. The van der Waals surface area contributed by atoms with Gasteiger partial charge in [0.05, 0.1) is 17.3 Å². The highest BCUT2D eigenvalue weighted by atomic mass is 16.5. The zero-order valence-electron chi connectivity index (χ0n) is 14.2. The summed E-state index contributed by atoms with van der Waals surface area (Å²) in [6.45, 7) is 6.80. The van der Waals surface area contributed by atoms with Crippen LogP contribution < -0.4 is 14.8 Å². The van der Waals surface area contributed by atoms with Crippen LogP contribution in [0.15, 0.2) is 54.6 Å². The third-order valence-corrected chi connectivity index (χ3v) is 3.41. The van der Waals surface area contributed by atoms with Crippen LogP contribution in [0, 0.1) is 0 Å². The Kier molecular flexibility index (Phi) is 4.85. The first-order valence-electron chi connectivity index (χ1n) is 8.17. The summed E-state index contributed by atoms with van der Waals surface area (Å²) in [5.41, 5.74) is 1.86. The second-order valence-electron chi connectivity index (χ2n) is 5.74. The molecule has 0 aliphatic rings. The van der Waals surface area contributed by atoms with Crippen molar-refractivity contribution in [3.05, 3.63) is 54.6 Å². The predicted molar refractivity (Wildman–Crippen MR) is 96.4 cm³/mol. The van der Waals surface area contributed by atoms with Crippen LogP contribution in [0.5, 0.6) is 17.4 Å². The van der Waals surface area contributed by atoms with Gasteiger partial charge in [-0.3, -0.25) is 5.32 Å². The monoisotopic (exact) mass is 321 g/mol. The summed E-state index contributed by atoms with van der Waals surface area (Å²) in [6.07, 6.45) is 0.156. The number of aromatic nitrogens is 1. The van der Waals surface area contributed by atoms with Crippen LogP contribution in [0.4, 0.5) is 5.69 Å². The molecule has 0 unspecified atom stereocenters. The van der Waals surface area contributed by atoms with Crippen LogP contribution in [-0.4, -0.2) is 17.6 Å². The van der Waals surface area contributed by atoms with Gasteiger partial charge in [-0.25, -0.2) is 4.98 Å². The van der Waals surface area contributed by atoms with Crippen molar-refractivity contribution < 1.29 is 9.47 Å². The van der Waals surface area contributed by atoms with E-state index < -0.39 is 0 Å². The molecule has 0 amide bonds. The number of nitrogens with zero attached hydrogens (tertiary/aromatic N) is 2. The molecule has 0 bridgehead atoms. The van der Waals surface area contributed by atoms with E-state index in [1.54, 1.807) is 0 Å². The Morgan fingerprint density at radius 1 is 0.958 bits per heavy atom. The van der Waals surface area contributed by atoms with E-state index in [1.807, 2.05) is 75.4 Å². The third kappa shape index (κ3) is 3.96. The highest BCUT2D eigenvalue weighted by molar-refractivity contribution is 5.82. The molecule has 3 aromatic rings. The maximum atomic E-state index is 5.83. The molecule has 0 N–H and O–H groups in total. The SMILES string of the molecule is CC[N]c1ccc2nc(Oc3ccc(OC(C)C)cc3)ccc2c1. The van der Waals surface area contributed by atoms with Gasteiger partial charge in [-0.15, -0.1) is 0 Å². The van der Waals surface area contributed by atoms with Gasteiger partial charge in [-0.05, 0) is 69.3 Å². The largest absolute Gasteiger partial charge is 0.491 e. The number of hydrogen-bond donors (Lipinski definition) is 0. The molecule has 0 aliphatic carbocycles. The molecule has 24 heavy (non-hydrogen) atoms. The molecule has 0 fully saturated rings. The van der Waals surface area contributed by atoms with Crippen molar-refractivity contribution >= 4 is 16.6 Å². The van der Waals surface area contributed by atoms with Crippen LogP contribution >= 0.6 is 0 Å². The molecular formula is C20H21N2O2. The number of fused-ring (bicyclic) bond motifs is 1. The summed E-state index contributed by atoms with van der Waals surface area (Å²) in [7, 11) is 0. The number of benzene rings is 2. The highest BCUT2D eigenvalue weighted by Crippen LogP contribution is 2.26. The van der Waals surface area contributed by atoms with Gasteiger partial charge < -0.3 is 9.47 Å². The van der Waals surface area contributed by atoms with Crippen LogP contribution in [0.2, 0.25) is 0 Å². The van der Waals surface area contributed by atoms with Gasteiger partial charge in [0.15, 0.2) is 0 Å². The average Bonchev–Trinajstić information content (AvgIpc) is 2.57. The van der Waals surface area contributed by atoms with E-state index in [1.165, 1.54) is 0 Å². The van der Waals surface area contributed by atoms with Crippen LogP contribution in [0.1, 0.15) is 20.8 Å². The fourth-order valence-corrected chi connectivity index (χ4v) is 2.41. The number of rotatable bonds is 6. The maximum Gasteiger partial charge on any atom is 0.219 e. The van der Waals surface area contributed by atoms with Gasteiger partial charge in [-0.2, -0.15) is 0 Å². The topological polar surface area (TPSA) is 45.5 Å². The number of hydrogen-bond acceptors (Lipinski definition) is 3. The lowest BCUT2D eigenvalue weighted by atomic mass is 10.2. The van der Waals surface area contributed by atoms with Crippen molar-refractivity contribution in [1.29, 1.82) is 0 Å². The molecule has 1 aromatic heterocycles. The Balaban J connectivity index is 1.76. The van der Waals surface area contributed by atoms with Gasteiger partial charge in [0.2, 0.25) is 5.88 Å². The van der Waals surface area contributed by atoms with E-state index in [4.69, 9.17) is 9.47 Å². The molecule has 1 heterocycles. The van der Waals surface area contributed by atoms with Gasteiger partial charge in [0.25, 0.3) is 0 Å². The van der Waals surface area contributed by atoms with Crippen molar-refractivity contribution in [2.45, 2.75) is 26.9 Å². The zero-order valence-corrected chi connectivity index (χ0v) is 14.2. The van der Waals surface area contributed by atoms with E-state index in [0.717, 1.165) is 34.6 Å². The normalized spacial score (nSPS) is 10.8. The zero-order chi connectivity index (χ0) is 16.9. The summed E-state index contributed by atoms with van der Waals surface area (Å²) in [5, 5.41) is 5.46. The quantitative estimate of drug-likeness (QED) is 0.636. The first kappa shape index (κ1) is 16.1. The standard InChI is InChI=1S/C20H21N2O2/c1-4-21-16-6-11-19-15(13-16)5-12-20(22-19)24-18-9-7-17(8-10-18)23-14(2)3/h5-14H,4H2,1-3H3. The minimum atomic E-state index is 0.156. The molecule has 123 valence electrons. The third-order valence-electron chi connectivity index (χ3n) is 3.41. The molecule has 4 nitrogen and oxygen atoms in total. The van der Waals surface area contributed by atoms with Crippen molar-refractivity contribution in [2.75, 3.05) is 6.54 Å². The molecule has 0 spiro atoms. The fourth-order valence-electron chi connectivity index (χ4n) is 2.41. The van der Waals surface area contributed by atoms with E-state index >= 15 is 0 Å². The summed E-state index contributed by atoms with van der Waals surface area (Å²) >= 11 is 0. The fraction of sp³-hybridized carbons (Fsp3) is 0.250. The van der Waals surface area contributed by atoms with E-state index in [-0.39, 0.29) is 6.10 Å². The Labute approximate surface area is 142 Å². The molecule has 0 saturated heterocycles. The first-order valence-corrected chi connectivity index (χ1v) is 8.17. The molecule has 1 radical (unpaired) electrons. The number of pyridine rings is 1. The van der Waals surface area contributed by atoms with Gasteiger partial charge in [0, 0.05) is 18.0 Å². The summed E-state index contributed by atoms with van der Waals surface area (Å²) < 4.78 is 11.5. The molecule has 0 saturated carbocycles. The van der Waals surface area contributed by atoms with E-state index in [2.05, 4.69) is 10.3 Å². The van der Waals surface area contributed by atoms with Crippen LogP contribution in [-0.2, 0) is 0 Å². The lowest BCUT2D eigenvalue weighted by Gasteiger charge is -2.10. The minimum absolute atomic E-state index is 0.156. The molecule has 4 heteroatoms. The molecule has 0 aliphatic heterocycles. The van der Waals surface area contributed by atoms with Gasteiger partial charge >= 0.3 is 0 Å². The van der Waals surface area contributed by atoms with Crippen molar-refractivity contribution in [2.24, 2.45) is 0 Å². The lowest BCUT2D eigenvalue weighted by molar-refractivity contribution is 0.242. The Morgan fingerprint density at radius 2 is 1.71 bits per heavy atom. The van der Waals surface area contributed by atoms with E-state index in [0.29, 0.717) is 5.88 Å². The Bertz CT molecular complexity index is 813. The second-order valence-corrected chi connectivity index (χ2v) is 5.74. The molecule has 3 rings (SSSR count). The Hall–Kier alpha value is -2.75. The van der Waals surface area contributed by atoms with Crippen molar-refractivity contribution in [3.8, 4) is 17.4 Å². The van der Waals surface area contributed by atoms with Crippen LogP contribution in [0.3, 0.4) is 0 Å². The van der Waals surface area contributed by atoms with E-state index in [9.17, 15) is 0 Å². The van der Waals surface area contributed by atoms with Gasteiger partial charge in [0.1, 0.15) is 11.5 Å². The molecular weight excluding hydrogens is 300 g/mol. The number of ether oxygens (including phenoxy) is 2. The first-order chi connectivity index (χ1) is 11.6. The minimum Gasteiger partial charge on any atom is -0.491 e. The molecule has 0 atom stereocenters. The van der Waals surface area contributed by atoms with Gasteiger partial charge in [-0.1, -0.05) is 0 Å². The van der Waals surface area contributed by atoms with Crippen molar-refractivity contribution in [1.82, 2.24) is 10.3 Å². The highest BCUT2D eigenvalue weighted by Gasteiger charge is 2.04. The summed E-state index contributed by atoms with van der Waals surface area (Å²) in [5.74, 6) is 2.13.